The molecule has 116 valence electrons. The second-order valence-corrected chi connectivity index (χ2v) is 6.29. The molecule has 0 radical (unpaired) electrons. The monoisotopic (exact) mass is 363 g/mol. The van der Waals surface area contributed by atoms with Crippen molar-refractivity contribution in [2.24, 2.45) is 0 Å². The Hall–Kier alpha value is -1.82. The summed E-state index contributed by atoms with van der Waals surface area (Å²) in [6, 6.07) is 7.62. The zero-order valence-corrected chi connectivity index (χ0v) is 13.9. The summed E-state index contributed by atoms with van der Waals surface area (Å²) in [5.41, 5.74) is 2.42. The van der Waals surface area contributed by atoms with E-state index in [1.54, 1.807) is 0 Å². The van der Waals surface area contributed by atoms with Gasteiger partial charge in [-0.15, -0.1) is 0 Å². The van der Waals surface area contributed by atoms with E-state index < -0.39 is 0 Å². The molecule has 1 aromatic carbocycles. The smallest absolute Gasteiger partial charge is 0.272 e. The molecule has 0 spiro atoms. The summed E-state index contributed by atoms with van der Waals surface area (Å²) in [5, 5.41) is 10.1. The van der Waals surface area contributed by atoms with Crippen molar-refractivity contribution in [1.29, 1.82) is 0 Å². The molecule has 2 N–H and O–H groups in total. The molecule has 1 aliphatic heterocycles. The van der Waals surface area contributed by atoms with Crippen molar-refractivity contribution >= 4 is 21.8 Å². The highest BCUT2D eigenvalue weighted by molar-refractivity contribution is 9.10. The molecule has 0 saturated heterocycles. The Morgan fingerprint density at radius 1 is 1.50 bits per heavy atom. The summed E-state index contributed by atoms with van der Waals surface area (Å²) in [4.78, 5) is 12.4. The molecule has 1 unspecified atom stereocenters. The molecule has 6 heteroatoms. The third-order valence-corrected chi connectivity index (χ3v) is 4.19. The molecule has 2 heterocycles. The highest BCUT2D eigenvalue weighted by Gasteiger charge is 2.24. The highest BCUT2D eigenvalue weighted by Crippen LogP contribution is 2.34. The van der Waals surface area contributed by atoms with E-state index in [2.05, 4.69) is 38.4 Å². The standard InChI is InChI=1S/C16H18BrN3O2/c1-2-3-11-9-14(20-19-11)16(21)18-13-6-7-22-15-5-4-10(17)8-12(13)15/h4-5,8-9,13H,2-3,6-7H2,1H3,(H,18,21)(H,19,20). The Kier molecular flexibility index (Phi) is 4.47. The number of aromatic amines is 1. The van der Waals surface area contributed by atoms with Crippen LogP contribution in [-0.4, -0.2) is 22.7 Å². The largest absolute Gasteiger partial charge is 0.493 e. The van der Waals surface area contributed by atoms with E-state index in [0.29, 0.717) is 12.3 Å². The molecule has 22 heavy (non-hydrogen) atoms. The van der Waals surface area contributed by atoms with E-state index in [1.807, 2.05) is 24.3 Å². The molecule has 1 amide bonds. The van der Waals surface area contributed by atoms with E-state index in [9.17, 15) is 4.79 Å². The normalized spacial score (nSPS) is 16.7. The first-order valence-corrected chi connectivity index (χ1v) is 8.24. The minimum absolute atomic E-state index is 0.0555. The fourth-order valence-electron chi connectivity index (χ4n) is 2.62. The number of fused-ring (bicyclic) bond motifs is 1. The molecule has 0 bridgehead atoms. The fourth-order valence-corrected chi connectivity index (χ4v) is 3.00. The summed E-state index contributed by atoms with van der Waals surface area (Å²) < 4.78 is 6.61. The van der Waals surface area contributed by atoms with Crippen LogP contribution in [0, 0.1) is 0 Å². The first kappa shape index (κ1) is 15.1. The molecule has 1 atom stereocenters. The number of rotatable bonds is 4. The van der Waals surface area contributed by atoms with Crippen LogP contribution in [0.3, 0.4) is 0 Å². The number of carbonyl (C=O) groups excluding carboxylic acids is 1. The highest BCUT2D eigenvalue weighted by atomic mass is 79.9. The van der Waals surface area contributed by atoms with Gasteiger partial charge in [0, 0.05) is 22.2 Å². The van der Waals surface area contributed by atoms with Crippen molar-refractivity contribution in [2.75, 3.05) is 6.61 Å². The zero-order valence-electron chi connectivity index (χ0n) is 12.4. The van der Waals surface area contributed by atoms with Crippen LogP contribution in [0.5, 0.6) is 5.75 Å². The van der Waals surface area contributed by atoms with Gasteiger partial charge in [0.2, 0.25) is 0 Å². The third-order valence-electron chi connectivity index (χ3n) is 3.70. The van der Waals surface area contributed by atoms with Crippen molar-refractivity contribution in [3.63, 3.8) is 0 Å². The van der Waals surface area contributed by atoms with E-state index in [1.165, 1.54) is 0 Å². The number of aryl methyl sites for hydroxylation is 1. The van der Waals surface area contributed by atoms with Gasteiger partial charge in [-0.25, -0.2) is 0 Å². The van der Waals surface area contributed by atoms with E-state index in [4.69, 9.17) is 4.74 Å². The average molecular weight is 364 g/mol. The maximum atomic E-state index is 12.4. The molecule has 2 aromatic rings. The predicted octanol–water partition coefficient (Wildman–Crippen LogP) is 3.38. The van der Waals surface area contributed by atoms with Gasteiger partial charge in [-0.1, -0.05) is 29.3 Å². The van der Waals surface area contributed by atoms with Gasteiger partial charge in [0.25, 0.3) is 5.91 Å². The number of hydrogen-bond donors (Lipinski definition) is 2. The third kappa shape index (κ3) is 3.16. The summed E-state index contributed by atoms with van der Waals surface area (Å²) in [6.45, 7) is 2.69. The Balaban J connectivity index is 1.76. The van der Waals surface area contributed by atoms with Gasteiger partial charge >= 0.3 is 0 Å². The van der Waals surface area contributed by atoms with Crippen LogP contribution in [0.4, 0.5) is 0 Å². The van der Waals surface area contributed by atoms with Gasteiger partial charge in [-0.3, -0.25) is 9.89 Å². The topological polar surface area (TPSA) is 67.0 Å². The molecule has 3 rings (SSSR count). The average Bonchev–Trinajstić information content (AvgIpc) is 2.97. The molecule has 1 aliphatic rings. The number of nitrogens with one attached hydrogen (secondary N) is 2. The van der Waals surface area contributed by atoms with E-state index in [-0.39, 0.29) is 11.9 Å². The number of nitrogens with zero attached hydrogens (tertiary/aromatic N) is 1. The molecule has 0 saturated carbocycles. The van der Waals surface area contributed by atoms with Gasteiger partial charge in [0.15, 0.2) is 0 Å². The quantitative estimate of drug-likeness (QED) is 0.874. The van der Waals surface area contributed by atoms with Crippen LogP contribution >= 0.6 is 15.9 Å². The number of ether oxygens (including phenoxy) is 1. The van der Waals surface area contributed by atoms with Crippen LogP contribution in [0.2, 0.25) is 0 Å². The lowest BCUT2D eigenvalue weighted by atomic mass is 10.0. The maximum Gasteiger partial charge on any atom is 0.272 e. The summed E-state index contributed by atoms with van der Waals surface area (Å²) in [7, 11) is 0. The van der Waals surface area contributed by atoms with Crippen LogP contribution < -0.4 is 10.1 Å². The number of benzene rings is 1. The minimum Gasteiger partial charge on any atom is -0.493 e. The fraction of sp³-hybridized carbons (Fsp3) is 0.375. The maximum absolute atomic E-state index is 12.4. The van der Waals surface area contributed by atoms with Crippen molar-refractivity contribution in [3.05, 3.63) is 45.7 Å². The first-order chi connectivity index (χ1) is 10.7. The molecule has 5 nitrogen and oxygen atoms in total. The van der Waals surface area contributed by atoms with Gasteiger partial charge in [-0.05, 0) is 30.7 Å². The van der Waals surface area contributed by atoms with Gasteiger partial charge in [0.1, 0.15) is 11.4 Å². The van der Waals surface area contributed by atoms with Gasteiger partial charge < -0.3 is 10.1 Å². The molecule has 0 aliphatic carbocycles. The molecular weight excluding hydrogens is 346 g/mol. The van der Waals surface area contributed by atoms with Crippen LogP contribution in [0.15, 0.2) is 28.7 Å². The molecular formula is C16H18BrN3O2. The van der Waals surface area contributed by atoms with Crippen molar-refractivity contribution in [1.82, 2.24) is 15.5 Å². The number of amides is 1. The van der Waals surface area contributed by atoms with E-state index in [0.717, 1.165) is 40.7 Å². The predicted molar refractivity (Wildman–Crippen MR) is 87.0 cm³/mol. The number of aromatic nitrogens is 2. The number of hydrogen-bond acceptors (Lipinski definition) is 3. The SMILES string of the molecule is CCCc1cc(C(=O)NC2CCOc3ccc(Br)cc32)n[nH]1. The van der Waals surface area contributed by atoms with Crippen LogP contribution in [0.25, 0.3) is 0 Å². The Bertz CT molecular complexity index is 684. The van der Waals surface area contributed by atoms with Crippen LogP contribution in [0.1, 0.15) is 47.6 Å². The van der Waals surface area contributed by atoms with Gasteiger partial charge in [-0.2, -0.15) is 5.10 Å². The summed E-state index contributed by atoms with van der Waals surface area (Å²) in [5.74, 6) is 0.671. The van der Waals surface area contributed by atoms with Gasteiger partial charge in [0.05, 0.1) is 12.6 Å². The Morgan fingerprint density at radius 3 is 3.18 bits per heavy atom. The number of carbonyl (C=O) groups is 1. The second-order valence-electron chi connectivity index (χ2n) is 5.37. The van der Waals surface area contributed by atoms with Crippen molar-refractivity contribution in [3.8, 4) is 5.75 Å². The lowest BCUT2D eigenvalue weighted by Crippen LogP contribution is -2.32. The number of H-pyrrole nitrogens is 1. The molecule has 1 aromatic heterocycles. The van der Waals surface area contributed by atoms with Crippen molar-refractivity contribution in [2.45, 2.75) is 32.2 Å². The molecule has 0 fully saturated rings. The van der Waals surface area contributed by atoms with Crippen molar-refractivity contribution < 1.29 is 9.53 Å². The lowest BCUT2D eigenvalue weighted by Gasteiger charge is -2.26. The second kappa shape index (κ2) is 6.52. The first-order valence-electron chi connectivity index (χ1n) is 7.44. The summed E-state index contributed by atoms with van der Waals surface area (Å²) >= 11 is 3.46. The Labute approximate surface area is 137 Å². The number of halogens is 1. The van der Waals surface area contributed by atoms with Crippen LogP contribution in [-0.2, 0) is 6.42 Å². The van der Waals surface area contributed by atoms with E-state index >= 15 is 0 Å². The minimum atomic E-state index is -0.156. The lowest BCUT2D eigenvalue weighted by molar-refractivity contribution is 0.0919. The summed E-state index contributed by atoms with van der Waals surface area (Å²) in [6.07, 6.45) is 2.67. The Morgan fingerprint density at radius 2 is 2.36 bits per heavy atom. The zero-order chi connectivity index (χ0) is 15.5.